The number of hydrogen-bond donors (Lipinski definition) is 0. The Morgan fingerprint density at radius 3 is 2.67 bits per heavy atom. The van der Waals surface area contributed by atoms with Crippen molar-refractivity contribution in [2.75, 3.05) is 13.7 Å². The monoisotopic (exact) mass is 259 g/mol. The van der Waals surface area contributed by atoms with Crippen LogP contribution in [0.5, 0.6) is 5.88 Å². The van der Waals surface area contributed by atoms with Gasteiger partial charge in [0.25, 0.3) is 6.43 Å². The number of carbonyl (C=O) groups excluding carboxylic acids is 1. The Bertz CT molecular complexity index is 436. The smallest absolute Gasteiger partial charge is 0.310 e. The summed E-state index contributed by atoms with van der Waals surface area (Å²) in [6.07, 6.45) is -2.97. The zero-order valence-electron chi connectivity index (χ0n) is 10.5. The van der Waals surface area contributed by atoms with Crippen LogP contribution >= 0.6 is 0 Å². The first kappa shape index (κ1) is 14.3. The topological polar surface area (TPSA) is 48.4 Å². The van der Waals surface area contributed by atoms with Crippen LogP contribution in [0.4, 0.5) is 8.78 Å². The SMILES string of the molecule is CCOC(=O)Cc1c(C)cc(OC)nc1C(F)F. The van der Waals surface area contributed by atoms with Crippen LogP contribution in [0.15, 0.2) is 6.07 Å². The molecule has 1 aromatic rings. The standard InChI is InChI=1S/C12H15F2NO3/c1-4-18-10(16)6-8-7(2)5-9(17-3)15-11(8)12(13)14/h5,12H,4,6H2,1-3H3. The Morgan fingerprint density at radius 2 is 2.17 bits per heavy atom. The number of carbonyl (C=O) groups is 1. The van der Waals surface area contributed by atoms with Gasteiger partial charge in [0.05, 0.1) is 20.1 Å². The van der Waals surface area contributed by atoms with Crippen molar-refractivity contribution in [3.8, 4) is 5.88 Å². The van der Waals surface area contributed by atoms with E-state index in [0.29, 0.717) is 5.56 Å². The van der Waals surface area contributed by atoms with E-state index in [2.05, 4.69) is 4.98 Å². The minimum absolute atomic E-state index is 0.107. The molecule has 0 spiro atoms. The van der Waals surface area contributed by atoms with E-state index in [0.717, 1.165) is 0 Å². The van der Waals surface area contributed by atoms with Crippen molar-refractivity contribution in [1.82, 2.24) is 4.98 Å². The highest BCUT2D eigenvalue weighted by atomic mass is 19.3. The first-order valence-corrected chi connectivity index (χ1v) is 5.47. The summed E-state index contributed by atoms with van der Waals surface area (Å²) >= 11 is 0. The lowest BCUT2D eigenvalue weighted by atomic mass is 10.0. The zero-order valence-corrected chi connectivity index (χ0v) is 10.5. The Hall–Kier alpha value is -1.72. The molecule has 0 N–H and O–H groups in total. The third kappa shape index (κ3) is 3.38. The molecule has 0 aliphatic rings. The Morgan fingerprint density at radius 1 is 1.50 bits per heavy atom. The summed E-state index contributed by atoms with van der Waals surface area (Å²) < 4.78 is 35.4. The second kappa shape index (κ2) is 6.28. The number of aromatic nitrogens is 1. The maximum atomic E-state index is 12.9. The number of rotatable bonds is 5. The van der Waals surface area contributed by atoms with Gasteiger partial charge < -0.3 is 9.47 Å². The zero-order chi connectivity index (χ0) is 13.7. The summed E-state index contributed by atoms with van der Waals surface area (Å²) in [5.74, 6) is -0.440. The number of pyridine rings is 1. The third-order valence-corrected chi connectivity index (χ3v) is 2.40. The minimum Gasteiger partial charge on any atom is -0.481 e. The van der Waals surface area contributed by atoms with Crippen LogP contribution in [0.1, 0.15) is 30.2 Å². The molecule has 1 heterocycles. The summed E-state index contributed by atoms with van der Waals surface area (Å²) in [5.41, 5.74) is 0.300. The normalized spacial score (nSPS) is 10.6. The van der Waals surface area contributed by atoms with E-state index in [4.69, 9.17) is 9.47 Å². The highest BCUT2D eigenvalue weighted by Gasteiger charge is 2.21. The molecule has 0 bridgehead atoms. The largest absolute Gasteiger partial charge is 0.481 e. The fraction of sp³-hybridized carbons (Fsp3) is 0.500. The van der Waals surface area contributed by atoms with Gasteiger partial charge in [-0.25, -0.2) is 13.8 Å². The van der Waals surface area contributed by atoms with Crippen LogP contribution in [0.3, 0.4) is 0 Å². The van der Waals surface area contributed by atoms with Crippen molar-refractivity contribution < 1.29 is 23.0 Å². The molecule has 0 unspecified atom stereocenters. The molecule has 0 saturated carbocycles. The second-order valence-corrected chi connectivity index (χ2v) is 3.63. The van der Waals surface area contributed by atoms with Crippen LogP contribution in [0.25, 0.3) is 0 Å². The summed E-state index contributed by atoms with van der Waals surface area (Å²) in [5, 5.41) is 0. The van der Waals surface area contributed by atoms with Gasteiger partial charge in [-0.2, -0.15) is 0 Å². The van der Waals surface area contributed by atoms with Crippen molar-refractivity contribution >= 4 is 5.97 Å². The molecule has 1 aromatic heterocycles. The van der Waals surface area contributed by atoms with E-state index in [1.54, 1.807) is 13.8 Å². The number of alkyl halides is 2. The lowest BCUT2D eigenvalue weighted by Crippen LogP contribution is -2.12. The average molecular weight is 259 g/mol. The molecule has 0 saturated heterocycles. The van der Waals surface area contributed by atoms with Crippen LogP contribution in [-0.4, -0.2) is 24.7 Å². The van der Waals surface area contributed by atoms with Crippen molar-refractivity contribution in [3.63, 3.8) is 0 Å². The number of aryl methyl sites for hydroxylation is 1. The maximum Gasteiger partial charge on any atom is 0.310 e. The predicted octanol–water partition coefficient (Wildman–Crippen LogP) is 2.44. The van der Waals surface area contributed by atoms with Gasteiger partial charge in [-0.05, 0) is 25.0 Å². The number of ether oxygens (including phenoxy) is 2. The van der Waals surface area contributed by atoms with Crippen LogP contribution in [0, 0.1) is 6.92 Å². The molecule has 0 aliphatic heterocycles. The fourth-order valence-electron chi connectivity index (χ4n) is 1.56. The molecule has 0 fully saturated rings. The molecule has 0 aliphatic carbocycles. The van der Waals surface area contributed by atoms with E-state index >= 15 is 0 Å². The molecule has 100 valence electrons. The van der Waals surface area contributed by atoms with E-state index in [9.17, 15) is 13.6 Å². The van der Waals surface area contributed by atoms with Gasteiger partial charge in [0.1, 0.15) is 5.69 Å². The highest BCUT2D eigenvalue weighted by Crippen LogP contribution is 2.27. The minimum atomic E-state index is -2.76. The van der Waals surface area contributed by atoms with Gasteiger partial charge in [-0.1, -0.05) is 0 Å². The van der Waals surface area contributed by atoms with Crippen molar-refractivity contribution in [1.29, 1.82) is 0 Å². The van der Waals surface area contributed by atoms with Gasteiger partial charge in [-0.3, -0.25) is 4.79 Å². The van der Waals surface area contributed by atoms with Gasteiger partial charge in [-0.15, -0.1) is 0 Å². The number of nitrogens with zero attached hydrogens (tertiary/aromatic N) is 1. The molecular formula is C12H15F2NO3. The predicted molar refractivity (Wildman–Crippen MR) is 60.8 cm³/mol. The summed E-state index contributed by atoms with van der Waals surface area (Å²) in [7, 11) is 1.35. The van der Waals surface area contributed by atoms with Gasteiger partial charge in [0.2, 0.25) is 5.88 Å². The number of methoxy groups -OCH3 is 1. The molecule has 18 heavy (non-hydrogen) atoms. The number of halogens is 2. The van der Waals surface area contributed by atoms with Gasteiger partial charge >= 0.3 is 5.97 Å². The van der Waals surface area contributed by atoms with E-state index < -0.39 is 18.1 Å². The molecule has 4 nitrogen and oxygen atoms in total. The van der Waals surface area contributed by atoms with Crippen molar-refractivity contribution in [3.05, 3.63) is 22.9 Å². The summed E-state index contributed by atoms with van der Waals surface area (Å²) in [4.78, 5) is 15.1. The molecule has 1 rings (SSSR count). The van der Waals surface area contributed by atoms with Gasteiger partial charge in [0.15, 0.2) is 0 Å². The van der Waals surface area contributed by atoms with Crippen LogP contribution in [-0.2, 0) is 16.0 Å². The maximum absolute atomic E-state index is 12.9. The Balaban J connectivity index is 3.12. The first-order chi connectivity index (χ1) is 8.49. The van der Waals surface area contributed by atoms with E-state index in [1.807, 2.05) is 0 Å². The number of esters is 1. The third-order valence-electron chi connectivity index (χ3n) is 2.40. The molecule has 0 amide bonds. The molecule has 6 heteroatoms. The summed E-state index contributed by atoms with van der Waals surface area (Å²) in [6, 6.07) is 1.51. The molecule has 0 aromatic carbocycles. The lowest BCUT2D eigenvalue weighted by molar-refractivity contribution is -0.142. The quantitative estimate of drug-likeness (QED) is 0.762. The Labute approximate surface area is 104 Å². The highest BCUT2D eigenvalue weighted by molar-refractivity contribution is 5.73. The van der Waals surface area contributed by atoms with E-state index in [1.165, 1.54) is 13.2 Å². The Kier molecular flexibility index (Phi) is 5.00. The van der Waals surface area contributed by atoms with Crippen molar-refractivity contribution in [2.45, 2.75) is 26.7 Å². The van der Waals surface area contributed by atoms with Crippen LogP contribution < -0.4 is 4.74 Å². The number of hydrogen-bond acceptors (Lipinski definition) is 4. The average Bonchev–Trinajstić information content (AvgIpc) is 2.31. The van der Waals surface area contributed by atoms with Gasteiger partial charge in [0, 0.05) is 6.07 Å². The summed E-state index contributed by atoms with van der Waals surface area (Å²) in [6.45, 7) is 3.50. The van der Waals surface area contributed by atoms with Crippen molar-refractivity contribution in [2.24, 2.45) is 0 Å². The second-order valence-electron chi connectivity index (χ2n) is 3.63. The molecule has 0 atom stereocenters. The molecule has 0 radical (unpaired) electrons. The fourth-order valence-corrected chi connectivity index (χ4v) is 1.56. The lowest BCUT2D eigenvalue weighted by Gasteiger charge is -2.12. The van der Waals surface area contributed by atoms with E-state index in [-0.39, 0.29) is 24.5 Å². The first-order valence-electron chi connectivity index (χ1n) is 5.47. The van der Waals surface area contributed by atoms with Crippen LogP contribution in [0.2, 0.25) is 0 Å². The molecular weight excluding hydrogens is 244 g/mol.